The first-order valence-electron chi connectivity index (χ1n) is 6.23. The van der Waals surface area contributed by atoms with Crippen LogP contribution in [0.5, 0.6) is 5.75 Å². The molecule has 2 unspecified atom stereocenters. The third kappa shape index (κ3) is 3.36. The summed E-state index contributed by atoms with van der Waals surface area (Å²) in [5.74, 6) is 0.0381. The van der Waals surface area contributed by atoms with Gasteiger partial charge in [0.15, 0.2) is 5.78 Å². The average molecular weight is 272 g/mol. The van der Waals surface area contributed by atoms with Gasteiger partial charge in [0.05, 0.1) is 6.10 Å². The number of ketones is 1. The van der Waals surface area contributed by atoms with E-state index in [4.69, 9.17) is 4.74 Å². The highest BCUT2D eigenvalue weighted by Gasteiger charge is 2.18. The molecule has 2 atom stereocenters. The quantitative estimate of drug-likeness (QED) is 0.653. The summed E-state index contributed by atoms with van der Waals surface area (Å²) in [6.07, 6.45) is 7.88. The monoisotopic (exact) mass is 272 g/mol. The number of allylic oxidation sites excluding steroid dienone is 2. The molecule has 104 valence electrons. The van der Waals surface area contributed by atoms with E-state index in [2.05, 4.69) is 0 Å². The molecule has 0 fully saturated rings. The van der Waals surface area contributed by atoms with Crippen LogP contribution in [0.2, 0.25) is 0 Å². The van der Waals surface area contributed by atoms with Gasteiger partial charge in [-0.05, 0) is 42.5 Å². The Balaban J connectivity index is 2.07. The van der Waals surface area contributed by atoms with Crippen LogP contribution in [0.25, 0.3) is 0 Å². The van der Waals surface area contributed by atoms with Crippen LogP contribution in [0.4, 0.5) is 0 Å². The molecule has 20 heavy (non-hydrogen) atoms. The molecule has 0 spiro atoms. The minimum Gasteiger partial charge on any atom is -0.508 e. The first-order chi connectivity index (χ1) is 9.60. The molecule has 0 aromatic heterocycles. The number of ether oxygens (including phenoxy) is 1. The number of aliphatic hydroxyl groups is 1. The Bertz CT molecular complexity index is 567. The fourth-order valence-electron chi connectivity index (χ4n) is 1.97. The van der Waals surface area contributed by atoms with Gasteiger partial charge in [-0.3, -0.25) is 4.79 Å². The van der Waals surface area contributed by atoms with E-state index in [9.17, 15) is 15.0 Å². The minimum absolute atomic E-state index is 0.100. The Hall–Kier alpha value is -2.33. The summed E-state index contributed by atoms with van der Waals surface area (Å²) in [5, 5.41) is 18.6. The Morgan fingerprint density at radius 2 is 1.95 bits per heavy atom. The highest BCUT2D eigenvalue weighted by molar-refractivity contribution is 6.04. The Morgan fingerprint density at radius 1 is 1.25 bits per heavy atom. The van der Waals surface area contributed by atoms with Gasteiger partial charge < -0.3 is 14.9 Å². The van der Waals surface area contributed by atoms with E-state index < -0.39 is 0 Å². The molecule has 1 aromatic carbocycles. The number of aliphatic hydroxyl groups excluding tert-OH is 1. The van der Waals surface area contributed by atoms with Crippen LogP contribution in [0.3, 0.4) is 0 Å². The molecule has 2 rings (SSSR count). The van der Waals surface area contributed by atoms with Crippen molar-refractivity contribution in [2.45, 2.75) is 6.10 Å². The SMILES string of the molecule is COC1C=C(O)C=CC1C=CC(=O)c1ccc(O)cc1. The molecule has 1 aromatic rings. The van der Waals surface area contributed by atoms with Gasteiger partial charge in [0.25, 0.3) is 0 Å². The molecule has 0 heterocycles. The largest absolute Gasteiger partial charge is 0.508 e. The van der Waals surface area contributed by atoms with Gasteiger partial charge in [0.2, 0.25) is 0 Å². The lowest BCUT2D eigenvalue weighted by Crippen LogP contribution is -2.20. The van der Waals surface area contributed by atoms with Crippen molar-refractivity contribution in [1.29, 1.82) is 0 Å². The standard InChI is InChI=1S/C16H16O4/c1-20-16-10-14(18)8-4-12(16)5-9-15(19)11-2-6-13(17)7-3-11/h2-10,12,16-18H,1H3. The smallest absolute Gasteiger partial charge is 0.185 e. The van der Waals surface area contributed by atoms with E-state index in [0.29, 0.717) is 5.56 Å². The molecule has 2 N–H and O–H groups in total. The van der Waals surface area contributed by atoms with E-state index in [0.717, 1.165) is 0 Å². The van der Waals surface area contributed by atoms with E-state index in [1.165, 1.54) is 18.2 Å². The first kappa shape index (κ1) is 14.1. The fraction of sp³-hybridized carbons (Fsp3) is 0.188. The molecule has 1 aliphatic carbocycles. The maximum atomic E-state index is 12.0. The molecule has 0 radical (unpaired) electrons. The van der Waals surface area contributed by atoms with Crippen LogP contribution in [0, 0.1) is 5.92 Å². The maximum absolute atomic E-state index is 12.0. The first-order valence-corrected chi connectivity index (χ1v) is 6.23. The number of rotatable bonds is 4. The highest BCUT2D eigenvalue weighted by atomic mass is 16.5. The number of hydrogen-bond acceptors (Lipinski definition) is 4. The number of hydrogen-bond donors (Lipinski definition) is 2. The summed E-state index contributed by atoms with van der Waals surface area (Å²) < 4.78 is 5.24. The fourth-order valence-corrected chi connectivity index (χ4v) is 1.97. The summed E-state index contributed by atoms with van der Waals surface area (Å²) >= 11 is 0. The van der Waals surface area contributed by atoms with Crippen molar-refractivity contribution >= 4 is 5.78 Å². The molecular formula is C16H16O4. The molecule has 4 heteroatoms. The number of carbonyl (C=O) groups is 1. The van der Waals surface area contributed by atoms with Crippen LogP contribution in [0.15, 0.2) is 60.4 Å². The molecule has 0 aliphatic heterocycles. The zero-order chi connectivity index (χ0) is 14.5. The third-order valence-electron chi connectivity index (χ3n) is 3.10. The van der Waals surface area contributed by atoms with Crippen molar-refractivity contribution in [2.75, 3.05) is 7.11 Å². The zero-order valence-electron chi connectivity index (χ0n) is 11.1. The molecule has 4 nitrogen and oxygen atoms in total. The van der Waals surface area contributed by atoms with Gasteiger partial charge in [0.1, 0.15) is 11.5 Å². The van der Waals surface area contributed by atoms with E-state index in [1.54, 1.807) is 43.5 Å². The van der Waals surface area contributed by atoms with Crippen LogP contribution in [0.1, 0.15) is 10.4 Å². The third-order valence-corrected chi connectivity index (χ3v) is 3.10. The summed E-state index contributed by atoms with van der Waals surface area (Å²) in [5.41, 5.74) is 0.506. The predicted octanol–water partition coefficient (Wildman–Crippen LogP) is 2.77. The highest BCUT2D eigenvalue weighted by Crippen LogP contribution is 2.20. The molecule has 1 aliphatic rings. The average Bonchev–Trinajstić information content (AvgIpc) is 2.46. The number of phenolic OH excluding ortho intramolecular Hbond substituents is 1. The van der Waals surface area contributed by atoms with Crippen molar-refractivity contribution in [3.63, 3.8) is 0 Å². The van der Waals surface area contributed by atoms with Gasteiger partial charge in [-0.2, -0.15) is 0 Å². The predicted molar refractivity (Wildman–Crippen MR) is 75.7 cm³/mol. The molecular weight excluding hydrogens is 256 g/mol. The van der Waals surface area contributed by atoms with Crippen LogP contribution in [-0.2, 0) is 4.74 Å². The molecule has 0 saturated heterocycles. The second-order valence-corrected chi connectivity index (χ2v) is 4.50. The summed E-state index contributed by atoms with van der Waals surface area (Å²) in [6.45, 7) is 0. The van der Waals surface area contributed by atoms with Crippen molar-refractivity contribution in [3.05, 3.63) is 66.0 Å². The van der Waals surface area contributed by atoms with Gasteiger partial charge in [-0.1, -0.05) is 12.2 Å². The van der Waals surface area contributed by atoms with Crippen LogP contribution >= 0.6 is 0 Å². The van der Waals surface area contributed by atoms with Gasteiger partial charge in [0, 0.05) is 18.6 Å². The zero-order valence-corrected chi connectivity index (χ0v) is 11.1. The van der Waals surface area contributed by atoms with Crippen LogP contribution in [-0.4, -0.2) is 29.2 Å². The van der Waals surface area contributed by atoms with Crippen molar-refractivity contribution in [1.82, 2.24) is 0 Å². The maximum Gasteiger partial charge on any atom is 0.185 e. The Kier molecular flexibility index (Phi) is 4.38. The number of benzene rings is 1. The van der Waals surface area contributed by atoms with Gasteiger partial charge >= 0.3 is 0 Å². The number of carbonyl (C=O) groups excluding carboxylic acids is 1. The van der Waals surface area contributed by atoms with E-state index >= 15 is 0 Å². The van der Waals surface area contributed by atoms with Crippen molar-refractivity contribution in [3.8, 4) is 5.75 Å². The van der Waals surface area contributed by atoms with Crippen molar-refractivity contribution in [2.24, 2.45) is 5.92 Å². The lowest BCUT2D eigenvalue weighted by molar-refractivity contribution is 0.104. The number of phenols is 1. The van der Waals surface area contributed by atoms with E-state index in [-0.39, 0.29) is 29.3 Å². The van der Waals surface area contributed by atoms with Gasteiger partial charge in [-0.25, -0.2) is 0 Å². The number of methoxy groups -OCH3 is 1. The Morgan fingerprint density at radius 3 is 2.60 bits per heavy atom. The second-order valence-electron chi connectivity index (χ2n) is 4.50. The molecule has 0 bridgehead atoms. The lowest BCUT2D eigenvalue weighted by atomic mass is 9.95. The lowest BCUT2D eigenvalue weighted by Gasteiger charge is -2.20. The summed E-state index contributed by atoms with van der Waals surface area (Å²) in [7, 11) is 1.55. The number of aromatic hydroxyl groups is 1. The summed E-state index contributed by atoms with van der Waals surface area (Å²) in [6, 6.07) is 6.08. The van der Waals surface area contributed by atoms with Gasteiger partial charge in [-0.15, -0.1) is 0 Å². The van der Waals surface area contributed by atoms with E-state index in [1.807, 2.05) is 0 Å². The topological polar surface area (TPSA) is 66.8 Å². The van der Waals surface area contributed by atoms with Crippen molar-refractivity contribution < 1.29 is 19.7 Å². The molecule has 0 amide bonds. The Labute approximate surface area is 117 Å². The summed E-state index contributed by atoms with van der Waals surface area (Å²) in [4.78, 5) is 12.0. The minimum atomic E-state index is -0.288. The second kappa shape index (κ2) is 6.21. The van der Waals surface area contributed by atoms with Crippen LogP contribution < -0.4 is 0 Å². The molecule has 0 saturated carbocycles. The normalized spacial score (nSPS) is 21.9.